The van der Waals surface area contributed by atoms with Gasteiger partial charge in [0.25, 0.3) is 0 Å². The molecule has 0 amide bonds. The van der Waals surface area contributed by atoms with Gasteiger partial charge < -0.3 is 10.2 Å². The molecule has 0 saturated carbocycles. The molecule has 1 N–H and O–H groups in total. The monoisotopic (exact) mass is 280 g/mol. The SMILES string of the molecule is CCN(CC)CCCC(C)Nc1ncccc1[N+](=O)[O-]. The third kappa shape index (κ3) is 5.13. The van der Waals surface area contributed by atoms with E-state index < -0.39 is 4.92 Å². The second-order valence-corrected chi connectivity index (χ2v) is 4.84. The van der Waals surface area contributed by atoms with Gasteiger partial charge in [0.15, 0.2) is 0 Å². The van der Waals surface area contributed by atoms with E-state index in [-0.39, 0.29) is 11.7 Å². The lowest BCUT2D eigenvalue weighted by Crippen LogP contribution is -2.25. The van der Waals surface area contributed by atoms with E-state index in [1.54, 1.807) is 12.3 Å². The molecule has 0 bridgehead atoms. The summed E-state index contributed by atoms with van der Waals surface area (Å²) in [6.45, 7) is 9.52. The van der Waals surface area contributed by atoms with Crippen LogP contribution in [-0.2, 0) is 0 Å². The van der Waals surface area contributed by atoms with Gasteiger partial charge in [0.05, 0.1) is 4.92 Å². The van der Waals surface area contributed by atoms with E-state index in [1.165, 1.54) is 6.07 Å². The number of anilines is 1. The Morgan fingerprint density at radius 1 is 1.45 bits per heavy atom. The molecular weight excluding hydrogens is 256 g/mol. The van der Waals surface area contributed by atoms with Gasteiger partial charge in [0, 0.05) is 18.3 Å². The minimum atomic E-state index is -0.405. The summed E-state index contributed by atoms with van der Waals surface area (Å²) in [7, 11) is 0. The topological polar surface area (TPSA) is 71.3 Å². The van der Waals surface area contributed by atoms with Crippen molar-refractivity contribution < 1.29 is 4.92 Å². The van der Waals surface area contributed by atoms with E-state index in [0.717, 1.165) is 32.5 Å². The molecule has 6 heteroatoms. The molecule has 1 aromatic heterocycles. The lowest BCUT2D eigenvalue weighted by Gasteiger charge is -2.19. The van der Waals surface area contributed by atoms with Crippen molar-refractivity contribution in [2.45, 2.75) is 39.7 Å². The van der Waals surface area contributed by atoms with Crippen molar-refractivity contribution in [1.29, 1.82) is 0 Å². The number of nitro groups is 1. The van der Waals surface area contributed by atoms with Crippen LogP contribution in [0, 0.1) is 10.1 Å². The summed E-state index contributed by atoms with van der Waals surface area (Å²) >= 11 is 0. The first-order valence-electron chi connectivity index (χ1n) is 7.16. The Kier molecular flexibility index (Phi) is 6.93. The molecule has 0 aliphatic rings. The maximum atomic E-state index is 10.9. The van der Waals surface area contributed by atoms with Gasteiger partial charge in [-0.3, -0.25) is 10.1 Å². The molecule has 1 atom stereocenters. The van der Waals surface area contributed by atoms with E-state index in [0.29, 0.717) is 5.82 Å². The van der Waals surface area contributed by atoms with Gasteiger partial charge in [-0.2, -0.15) is 0 Å². The van der Waals surface area contributed by atoms with Crippen molar-refractivity contribution in [2.24, 2.45) is 0 Å². The smallest absolute Gasteiger partial charge is 0.311 e. The molecule has 112 valence electrons. The summed E-state index contributed by atoms with van der Waals surface area (Å²) < 4.78 is 0. The second-order valence-electron chi connectivity index (χ2n) is 4.84. The minimum Gasteiger partial charge on any atom is -0.362 e. The predicted octanol–water partition coefficient (Wildman–Crippen LogP) is 2.91. The second kappa shape index (κ2) is 8.47. The normalized spacial score (nSPS) is 12.4. The third-order valence-electron chi connectivity index (χ3n) is 3.37. The third-order valence-corrected chi connectivity index (χ3v) is 3.37. The lowest BCUT2D eigenvalue weighted by molar-refractivity contribution is -0.384. The number of hydrogen-bond donors (Lipinski definition) is 1. The van der Waals surface area contributed by atoms with E-state index >= 15 is 0 Å². The number of aromatic nitrogens is 1. The highest BCUT2D eigenvalue weighted by Gasteiger charge is 2.15. The van der Waals surface area contributed by atoms with Crippen molar-refractivity contribution in [3.8, 4) is 0 Å². The zero-order chi connectivity index (χ0) is 15.0. The number of nitrogens with one attached hydrogen (secondary N) is 1. The Hall–Kier alpha value is -1.69. The number of hydrogen-bond acceptors (Lipinski definition) is 5. The van der Waals surface area contributed by atoms with Crippen LogP contribution in [0.25, 0.3) is 0 Å². The van der Waals surface area contributed by atoms with Gasteiger partial charge in [0.2, 0.25) is 5.82 Å². The molecular formula is C14H24N4O2. The predicted molar refractivity (Wildman–Crippen MR) is 81.0 cm³/mol. The van der Waals surface area contributed by atoms with Crippen LogP contribution in [0.15, 0.2) is 18.3 Å². The van der Waals surface area contributed by atoms with Crippen LogP contribution in [0.1, 0.15) is 33.6 Å². The van der Waals surface area contributed by atoms with Crippen LogP contribution in [0.3, 0.4) is 0 Å². The Morgan fingerprint density at radius 3 is 2.75 bits per heavy atom. The van der Waals surface area contributed by atoms with Crippen LogP contribution < -0.4 is 5.32 Å². The minimum absolute atomic E-state index is 0.0306. The van der Waals surface area contributed by atoms with Gasteiger partial charge in [0.1, 0.15) is 0 Å². The average molecular weight is 280 g/mol. The molecule has 0 radical (unpaired) electrons. The number of rotatable bonds is 9. The molecule has 1 unspecified atom stereocenters. The first-order chi connectivity index (χ1) is 9.58. The van der Waals surface area contributed by atoms with Crippen molar-refractivity contribution >= 4 is 11.5 Å². The molecule has 0 fully saturated rings. The fraction of sp³-hybridized carbons (Fsp3) is 0.643. The van der Waals surface area contributed by atoms with Gasteiger partial charge in [-0.25, -0.2) is 4.98 Å². The number of pyridine rings is 1. The Balaban J connectivity index is 2.46. The summed E-state index contributed by atoms with van der Waals surface area (Å²) in [6, 6.07) is 3.21. The van der Waals surface area contributed by atoms with Crippen molar-refractivity contribution in [3.05, 3.63) is 28.4 Å². The van der Waals surface area contributed by atoms with Crippen molar-refractivity contribution in [2.75, 3.05) is 25.0 Å². The molecule has 1 aromatic rings. The standard InChI is InChI=1S/C14H24N4O2/c1-4-17(5-2)11-7-8-12(3)16-14-13(18(19)20)9-6-10-15-14/h6,9-10,12H,4-5,7-8,11H2,1-3H3,(H,15,16). The first kappa shape index (κ1) is 16.4. The fourth-order valence-electron chi connectivity index (χ4n) is 2.12. The zero-order valence-corrected chi connectivity index (χ0v) is 12.5. The van der Waals surface area contributed by atoms with E-state index in [1.807, 2.05) is 6.92 Å². The molecule has 20 heavy (non-hydrogen) atoms. The number of nitrogens with zero attached hydrogens (tertiary/aromatic N) is 3. The van der Waals surface area contributed by atoms with E-state index in [4.69, 9.17) is 0 Å². The van der Waals surface area contributed by atoms with Crippen LogP contribution >= 0.6 is 0 Å². The molecule has 0 aromatic carbocycles. The van der Waals surface area contributed by atoms with Gasteiger partial charge >= 0.3 is 5.69 Å². The largest absolute Gasteiger partial charge is 0.362 e. The maximum absolute atomic E-state index is 10.9. The van der Waals surface area contributed by atoms with E-state index in [9.17, 15) is 10.1 Å². The van der Waals surface area contributed by atoms with E-state index in [2.05, 4.69) is 29.0 Å². The first-order valence-corrected chi connectivity index (χ1v) is 7.16. The molecule has 0 spiro atoms. The van der Waals surface area contributed by atoms with Gasteiger partial charge in [-0.15, -0.1) is 0 Å². The van der Waals surface area contributed by atoms with Gasteiger partial charge in [-0.05, 0) is 45.5 Å². The molecule has 1 heterocycles. The van der Waals surface area contributed by atoms with Crippen LogP contribution in [-0.4, -0.2) is 40.5 Å². The van der Waals surface area contributed by atoms with Gasteiger partial charge in [-0.1, -0.05) is 13.8 Å². The highest BCUT2D eigenvalue weighted by molar-refractivity contribution is 5.55. The summed E-state index contributed by atoms with van der Waals surface area (Å²) in [5, 5.41) is 14.0. The maximum Gasteiger partial charge on any atom is 0.311 e. The highest BCUT2D eigenvalue weighted by atomic mass is 16.6. The quantitative estimate of drug-likeness (QED) is 0.556. The van der Waals surface area contributed by atoms with Crippen LogP contribution in [0.5, 0.6) is 0 Å². The lowest BCUT2D eigenvalue weighted by atomic mass is 10.1. The zero-order valence-electron chi connectivity index (χ0n) is 12.5. The Bertz CT molecular complexity index is 421. The average Bonchev–Trinajstić information content (AvgIpc) is 2.44. The Labute approximate surface area is 120 Å². The van der Waals surface area contributed by atoms with Crippen molar-refractivity contribution in [1.82, 2.24) is 9.88 Å². The summed E-state index contributed by atoms with van der Waals surface area (Å²) in [5.74, 6) is 0.354. The molecule has 6 nitrogen and oxygen atoms in total. The summed E-state index contributed by atoms with van der Waals surface area (Å²) in [5.41, 5.74) is 0.0306. The molecule has 1 rings (SSSR count). The highest BCUT2D eigenvalue weighted by Crippen LogP contribution is 2.21. The Morgan fingerprint density at radius 2 is 2.15 bits per heavy atom. The van der Waals surface area contributed by atoms with Crippen molar-refractivity contribution in [3.63, 3.8) is 0 Å². The fourth-order valence-corrected chi connectivity index (χ4v) is 2.12. The molecule has 0 saturated heterocycles. The molecule has 0 aliphatic heterocycles. The van der Waals surface area contributed by atoms with Crippen LogP contribution in [0.4, 0.5) is 11.5 Å². The molecule has 0 aliphatic carbocycles. The van der Waals surface area contributed by atoms with Crippen LogP contribution in [0.2, 0.25) is 0 Å². The summed E-state index contributed by atoms with van der Waals surface area (Å²) in [6.07, 6.45) is 3.60. The summed E-state index contributed by atoms with van der Waals surface area (Å²) in [4.78, 5) is 16.9.